The Labute approximate surface area is 240 Å². The first kappa shape index (κ1) is 26.0. The van der Waals surface area contributed by atoms with Gasteiger partial charge in [-0.05, 0) is 75.2 Å². The van der Waals surface area contributed by atoms with E-state index >= 15 is 8.78 Å². The number of anilines is 1. The summed E-state index contributed by atoms with van der Waals surface area (Å²) in [5, 5.41) is 14.5. The Balaban J connectivity index is 1.33. The minimum atomic E-state index is -1.12. The number of nitrogens with zero attached hydrogens (tertiary/aromatic N) is 5. The molecule has 0 saturated carbocycles. The molecule has 3 saturated heterocycles. The van der Waals surface area contributed by atoms with Gasteiger partial charge < -0.3 is 20.1 Å². The summed E-state index contributed by atoms with van der Waals surface area (Å²) >= 11 is 0. The third-order valence-electron chi connectivity index (χ3n) is 9.69. The molecule has 4 aliphatic heterocycles. The number of piperazine rings is 1. The summed E-state index contributed by atoms with van der Waals surface area (Å²) in [5.74, 6) is -2.58. The van der Waals surface area contributed by atoms with Gasteiger partial charge in [0, 0.05) is 36.6 Å². The smallest absolute Gasteiger partial charge is 0.319 e. The SMILES string of the molecule is Oc1cc(-c2nc3c4c(nc(OCC56CCCN5CCC6)nc4c2F)N2CCNC[C@H]2CC3)c2c(F)c(F)ccc2c1. The number of aryl methyl sites for hydroxylation is 1. The van der Waals surface area contributed by atoms with Gasteiger partial charge in [-0.1, -0.05) is 6.07 Å². The summed E-state index contributed by atoms with van der Waals surface area (Å²) in [6, 6.07) is 5.12. The van der Waals surface area contributed by atoms with Crippen LogP contribution in [0.3, 0.4) is 0 Å². The Morgan fingerprint density at radius 3 is 2.67 bits per heavy atom. The summed E-state index contributed by atoms with van der Waals surface area (Å²) in [4.78, 5) is 18.9. The number of benzene rings is 2. The molecule has 3 fully saturated rings. The van der Waals surface area contributed by atoms with Crippen molar-refractivity contribution in [3.8, 4) is 23.0 Å². The van der Waals surface area contributed by atoms with E-state index < -0.39 is 17.5 Å². The maximum Gasteiger partial charge on any atom is 0.319 e. The molecule has 42 heavy (non-hydrogen) atoms. The van der Waals surface area contributed by atoms with Crippen LogP contribution in [0.25, 0.3) is 32.9 Å². The van der Waals surface area contributed by atoms with Crippen LogP contribution < -0.4 is 15.0 Å². The number of halogens is 3. The molecular formula is C31H31F3N6O2. The lowest BCUT2D eigenvalue weighted by molar-refractivity contribution is 0.108. The lowest BCUT2D eigenvalue weighted by atomic mass is 9.95. The van der Waals surface area contributed by atoms with Gasteiger partial charge in [0.15, 0.2) is 17.5 Å². The second kappa shape index (κ2) is 9.67. The van der Waals surface area contributed by atoms with Crippen LogP contribution in [-0.4, -0.2) is 75.9 Å². The fraction of sp³-hybridized carbons (Fsp3) is 0.452. The number of phenolic OH excluding ortho intramolecular Hbond substituents is 1. The Morgan fingerprint density at radius 1 is 1.00 bits per heavy atom. The molecule has 2 N–H and O–H groups in total. The molecule has 8 rings (SSSR count). The molecule has 1 atom stereocenters. The fourth-order valence-corrected chi connectivity index (χ4v) is 7.67. The maximum atomic E-state index is 16.7. The summed E-state index contributed by atoms with van der Waals surface area (Å²) < 4.78 is 52.6. The molecular weight excluding hydrogens is 545 g/mol. The van der Waals surface area contributed by atoms with Crippen LogP contribution in [0.4, 0.5) is 19.0 Å². The maximum absolute atomic E-state index is 16.7. The van der Waals surface area contributed by atoms with E-state index in [1.807, 2.05) is 0 Å². The van der Waals surface area contributed by atoms with Gasteiger partial charge in [-0.25, -0.2) is 18.2 Å². The van der Waals surface area contributed by atoms with Crippen LogP contribution in [0.1, 0.15) is 37.8 Å². The van der Waals surface area contributed by atoms with Crippen molar-refractivity contribution in [2.75, 3.05) is 44.2 Å². The Kier molecular flexibility index (Phi) is 5.98. The first-order chi connectivity index (χ1) is 20.4. The minimum absolute atomic E-state index is 0.0321. The second-order valence-corrected chi connectivity index (χ2v) is 12.0. The number of hydrogen-bond donors (Lipinski definition) is 2. The molecule has 0 spiro atoms. The summed E-state index contributed by atoms with van der Waals surface area (Å²) in [5.41, 5.74) is 0.360. The lowest BCUT2D eigenvalue weighted by Crippen LogP contribution is -2.51. The van der Waals surface area contributed by atoms with Crippen molar-refractivity contribution in [1.29, 1.82) is 0 Å². The van der Waals surface area contributed by atoms with E-state index in [1.54, 1.807) is 0 Å². The van der Waals surface area contributed by atoms with Crippen LogP contribution in [0.15, 0.2) is 24.3 Å². The molecule has 2 aromatic heterocycles. The standard InChI is InChI=1S/C31H31F3N6O2/c32-21-5-3-17-13-19(41)14-20(23(17)25(21)33)27-26(34)28-24-22(36-27)6-4-18-15-35-9-12-40(18)29(24)38-30(37-28)42-16-31-7-1-10-39(31)11-2-8-31/h3,5,13-14,18,35,41H,1-2,4,6-12,15-16H2/t18-/m1/s1. The highest BCUT2D eigenvalue weighted by molar-refractivity contribution is 6.01. The van der Waals surface area contributed by atoms with E-state index in [0.29, 0.717) is 36.5 Å². The number of hydrogen-bond acceptors (Lipinski definition) is 8. The van der Waals surface area contributed by atoms with Gasteiger partial charge in [0.25, 0.3) is 0 Å². The molecule has 0 amide bonds. The van der Waals surface area contributed by atoms with Gasteiger partial charge in [0.2, 0.25) is 0 Å². The van der Waals surface area contributed by atoms with Gasteiger partial charge in [0.1, 0.15) is 29.4 Å². The van der Waals surface area contributed by atoms with Gasteiger partial charge in [0.05, 0.1) is 16.6 Å². The van der Waals surface area contributed by atoms with Crippen molar-refractivity contribution in [2.24, 2.45) is 0 Å². The highest BCUT2D eigenvalue weighted by Crippen LogP contribution is 2.43. The molecule has 6 heterocycles. The number of phenols is 1. The first-order valence-electron chi connectivity index (χ1n) is 14.8. The highest BCUT2D eigenvalue weighted by atomic mass is 19.2. The Hall–Kier alpha value is -3.70. The van der Waals surface area contributed by atoms with Crippen LogP contribution in [0.2, 0.25) is 0 Å². The number of rotatable bonds is 4. The Bertz CT molecular complexity index is 1740. The van der Waals surface area contributed by atoms with E-state index in [9.17, 15) is 9.50 Å². The number of pyridine rings is 1. The number of aromatic nitrogens is 3. The molecule has 218 valence electrons. The highest BCUT2D eigenvalue weighted by Gasteiger charge is 2.45. The largest absolute Gasteiger partial charge is 0.508 e. The molecule has 0 unspecified atom stereocenters. The van der Waals surface area contributed by atoms with Crippen molar-refractivity contribution in [3.63, 3.8) is 0 Å². The number of ether oxygens (including phenoxy) is 1. The van der Waals surface area contributed by atoms with Crippen LogP contribution in [0.5, 0.6) is 11.8 Å². The predicted molar refractivity (Wildman–Crippen MR) is 152 cm³/mol. The monoisotopic (exact) mass is 576 g/mol. The normalized spacial score (nSPS) is 21.5. The van der Waals surface area contributed by atoms with E-state index in [4.69, 9.17) is 14.7 Å². The molecule has 8 nitrogen and oxygen atoms in total. The molecule has 0 bridgehead atoms. The summed E-state index contributed by atoms with van der Waals surface area (Å²) in [7, 11) is 0. The zero-order chi connectivity index (χ0) is 28.6. The first-order valence-corrected chi connectivity index (χ1v) is 14.8. The zero-order valence-electron chi connectivity index (χ0n) is 23.1. The van der Waals surface area contributed by atoms with Gasteiger partial charge >= 0.3 is 6.01 Å². The van der Waals surface area contributed by atoms with Crippen molar-refractivity contribution in [3.05, 3.63) is 47.4 Å². The number of aromatic hydroxyl groups is 1. The summed E-state index contributed by atoms with van der Waals surface area (Å²) in [6.45, 7) is 4.75. The number of nitrogens with one attached hydrogen (secondary N) is 1. The van der Waals surface area contributed by atoms with Gasteiger partial charge in [-0.2, -0.15) is 9.97 Å². The van der Waals surface area contributed by atoms with Crippen molar-refractivity contribution in [2.45, 2.75) is 50.1 Å². The van der Waals surface area contributed by atoms with Crippen LogP contribution in [0, 0.1) is 17.5 Å². The lowest BCUT2D eigenvalue weighted by Gasteiger charge is -2.36. The van der Waals surface area contributed by atoms with Gasteiger partial charge in [-0.3, -0.25) is 4.90 Å². The summed E-state index contributed by atoms with van der Waals surface area (Å²) in [6.07, 6.45) is 5.61. The molecule has 0 radical (unpaired) electrons. The predicted octanol–water partition coefficient (Wildman–Crippen LogP) is 4.70. The average molecular weight is 577 g/mol. The topological polar surface area (TPSA) is 86.6 Å². The zero-order valence-corrected chi connectivity index (χ0v) is 23.1. The number of fused-ring (bicyclic) bond motifs is 4. The van der Waals surface area contributed by atoms with E-state index in [0.717, 1.165) is 64.3 Å². The van der Waals surface area contributed by atoms with E-state index in [-0.39, 0.29) is 50.9 Å². The van der Waals surface area contributed by atoms with Gasteiger partial charge in [-0.15, -0.1) is 0 Å². The van der Waals surface area contributed by atoms with E-state index in [1.165, 1.54) is 18.2 Å². The quantitative estimate of drug-likeness (QED) is 0.362. The molecule has 4 aliphatic rings. The van der Waals surface area contributed by atoms with Crippen molar-refractivity contribution < 1.29 is 23.0 Å². The van der Waals surface area contributed by atoms with Crippen molar-refractivity contribution >= 4 is 27.5 Å². The minimum Gasteiger partial charge on any atom is -0.508 e. The molecule has 11 heteroatoms. The van der Waals surface area contributed by atoms with Crippen LogP contribution in [-0.2, 0) is 6.42 Å². The van der Waals surface area contributed by atoms with Crippen LogP contribution >= 0.6 is 0 Å². The molecule has 2 aromatic carbocycles. The van der Waals surface area contributed by atoms with E-state index in [2.05, 4.69) is 20.1 Å². The third kappa shape index (κ3) is 3.93. The third-order valence-corrected chi connectivity index (χ3v) is 9.69. The van der Waals surface area contributed by atoms with Crippen molar-refractivity contribution in [1.82, 2.24) is 25.2 Å². The average Bonchev–Trinajstić information content (AvgIpc) is 3.53. The fourth-order valence-electron chi connectivity index (χ4n) is 7.67. The molecule has 4 aromatic rings. The molecule has 0 aliphatic carbocycles. The second-order valence-electron chi connectivity index (χ2n) is 12.0. The Morgan fingerprint density at radius 2 is 1.83 bits per heavy atom.